The molecule has 0 saturated heterocycles. The zero-order valence-corrected chi connectivity index (χ0v) is 12.8. The Kier molecular flexibility index (Phi) is 6.25. The quantitative estimate of drug-likeness (QED) is 0.554. The Labute approximate surface area is 125 Å². The molecular weight excluding hydrogens is 270 g/mol. The molecule has 2 rings (SSSR count). The molecule has 0 aliphatic rings. The van der Waals surface area contributed by atoms with Gasteiger partial charge in [0.2, 0.25) is 0 Å². The molecule has 110 valence electrons. The zero-order valence-electron chi connectivity index (χ0n) is 11.9. The summed E-state index contributed by atoms with van der Waals surface area (Å²) in [7, 11) is 0. The molecule has 0 radical (unpaired) electrons. The van der Waals surface area contributed by atoms with Crippen molar-refractivity contribution in [3.05, 3.63) is 34.8 Å². The number of aromatic nitrogens is 1. The summed E-state index contributed by atoms with van der Waals surface area (Å²) in [6.45, 7) is 0.756. The maximum absolute atomic E-state index is 11.8. The van der Waals surface area contributed by atoms with Gasteiger partial charge in [-0.3, -0.25) is 4.57 Å². The molecule has 4 heteroatoms. The van der Waals surface area contributed by atoms with Gasteiger partial charge in [-0.25, -0.2) is 4.79 Å². The van der Waals surface area contributed by atoms with Gasteiger partial charge in [-0.15, -0.1) is 0 Å². The predicted octanol–water partition coefficient (Wildman–Crippen LogP) is 4.26. The molecular formula is C16H23NO2S. The number of benzene rings is 1. The van der Waals surface area contributed by atoms with E-state index in [0.717, 1.165) is 24.2 Å². The van der Waals surface area contributed by atoms with Gasteiger partial charge in [0.15, 0.2) is 5.58 Å². The van der Waals surface area contributed by atoms with Crippen molar-refractivity contribution in [2.45, 2.75) is 51.5 Å². The Morgan fingerprint density at radius 3 is 2.35 bits per heavy atom. The summed E-state index contributed by atoms with van der Waals surface area (Å²) in [5.41, 5.74) is 1.59. The lowest BCUT2D eigenvalue weighted by molar-refractivity contribution is 0.484. The molecule has 0 atom stereocenters. The topological polar surface area (TPSA) is 35.1 Å². The highest BCUT2D eigenvalue weighted by atomic mass is 32.1. The number of para-hydroxylation sites is 2. The van der Waals surface area contributed by atoms with E-state index in [0.29, 0.717) is 5.58 Å². The molecule has 0 unspecified atom stereocenters. The first-order chi connectivity index (χ1) is 9.83. The predicted molar refractivity (Wildman–Crippen MR) is 86.6 cm³/mol. The van der Waals surface area contributed by atoms with Crippen LogP contribution in [0.2, 0.25) is 0 Å². The van der Waals surface area contributed by atoms with E-state index in [-0.39, 0.29) is 5.76 Å². The Balaban J connectivity index is 1.73. The maximum Gasteiger partial charge on any atom is 0.419 e. The number of thiol groups is 1. The number of fused-ring (bicyclic) bond motifs is 1. The standard InChI is InChI=1S/C16H23NO2S/c18-16-17(14-10-6-7-11-15(14)19-16)12-8-4-2-1-3-5-9-13-20/h6-7,10-11,20H,1-5,8-9,12-13H2. The first kappa shape index (κ1) is 15.2. The van der Waals surface area contributed by atoms with Crippen molar-refractivity contribution in [2.24, 2.45) is 0 Å². The fourth-order valence-corrected chi connectivity index (χ4v) is 2.71. The van der Waals surface area contributed by atoms with Gasteiger partial charge in [0.1, 0.15) is 0 Å². The average molecular weight is 293 g/mol. The summed E-state index contributed by atoms with van der Waals surface area (Å²) in [4.78, 5) is 11.8. The molecule has 0 saturated carbocycles. The van der Waals surface area contributed by atoms with Crippen molar-refractivity contribution in [3.63, 3.8) is 0 Å². The molecule has 0 bridgehead atoms. The zero-order chi connectivity index (χ0) is 14.2. The normalized spacial score (nSPS) is 11.2. The molecule has 0 spiro atoms. The highest BCUT2D eigenvalue weighted by Gasteiger charge is 2.07. The van der Waals surface area contributed by atoms with Gasteiger partial charge < -0.3 is 4.42 Å². The third kappa shape index (κ3) is 4.17. The Bertz CT molecular complexity index is 573. The number of aryl methyl sites for hydroxylation is 1. The van der Waals surface area contributed by atoms with E-state index in [2.05, 4.69) is 12.6 Å². The summed E-state index contributed by atoms with van der Waals surface area (Å²) in [5, 5.41) is 0. The van der Waals surface area contributed by atoms with Crippen LogP contribution in [0, 0.1) is 0 Å². The molecule has 1 aromatic carbocycles. The minimum absolute atomic E-state index is 0.236. The summed E-state index contributed by atoms with van der Waals surface area (Å²) in [5.74, 6) is 0.760. The third-order valence-electron chi connectivity index (χ3n) is 3.61. The molecule has 1 aromatic heterocycles. The molecule has 3 nitrogen and oxygen atoms in total. The Morgan fingerprint density at radius 2 is 1.60 bits per heavy atom. The highest BCUT2D eigenvalue weighted by Crippen LogP contribution is 2.13. The molecule has 2 aromatic rings. The van der Waals surface area contributed by atoms with Gasteiger partial charge in [-0.1, -0.05) is 44.2 Å². The number of hydrogen-bond donors (Lipinski definition) is 1. The molecule has 1 heterocycles. The lowest BCUT2D eigenvalue weighted by atomic mass is 10.1. The number of unbranched alkanes of at least 4 members (excludes halogenated alkanes) is 6. The molecule has 0 aliphatic heterocycles. The number of oxazole rings is 1. The van der Waals surface area contributed by atoms with Crippen molar-refractivity contribution in [1.82, 2.24) is 4.57 Å². The highest BCUT2D eigenvalue weighted by molar-refractivity contribution is 7.80. The molecule has 0 aliphatic carbocycles. The van der Waals surface area contributed by atoms with E-state index < -0.39 is 0 Å². The van der Waals surface area contributed by atoms with E-state index in [1.54, 1.807) is 4.57 Å². The number of nitrogens with zero attached hydrogens (tertiary/aromatic N) is 1. The minimum atomic E-state index is -0.236. The fourth-order valence-electron chi connectivity index (χ4n) is 2.49. The van der Waals surface area contributed by atoms with E-state index in [1.807, 2.05) is 24.3 Å². The summed E-state index contributed by atoms with van der Waals surface area (Å²) in [6, 6.07) is 7.61. The summed E-state index contributed by atoms with van der Waals surface area (Å²) < 4.78 is 6.97. The van der Waals surface area contributed by atoms with Crippen LogP contribution in [0.4, 0.5) is 0 Å². The van der Waals surface area contributed by atoms with Gasteiger partial charge in [-0.2, -0.15) is 12.6 Å². The fraction of sp³-hybridized carbons (Fsp3) is 0.562. The van der Waals surface area contributed by atoms with Gasteiger partial charge in [0.25, 0.3) is 0 Å². The smallest absolute Gasteiger partial charge is 0.408 e. The van der Waals surface area contributed by atoms with Crippen LogP contribution >= 0.6 is 12.6 Å². The Hall–Kier alpha value is -1.16. The van der Waals surface area contributed by atoms with Crippen molar-refractivity contribution in [3.8, 4) is 0 Å². The molecule has 20 heavy (non-hydrogen) atoms. The van der Waals surface area contributed by atoms with Crippen LogP contribution in [0.15, 0.2) is 33.5 Å². The van der Waals surface area contributed by atoms with Crippen LogP contribution in [-0.2, 0) is 6.54 Å². The number of rotatable bonds is 9. The van der Waals surface area contributed by atoms with E-state index in [1.165, 1.54) is 38.5 Å². The van der Waals surface area contributed by atoms with Gasteiger partial charge in [-0.05, 0) is 30.7 Å². The Morgan fingerprint density at radius 1 is 0.950 bits per heavy atom. The first-order valence-electron chi connectivity index (χ1n) is 7.52. The average Bonchev–Trinajstić information content (AvgIpc) is 2.78. The molecule has 0 N–H and O–H groups in total. The largest absolute Gasteiger partial charge is 0.419 e. The second-order valence-corrected chi connectivity index (χ2v) is 5.63. The summed E-state index contributed by atoms with van der Waals surface area (Å²) in [6.07, 6.45) is 8.55. The van der Waals surface area contributed by atoms with Gasteiger partial charge >= 0.3 is 5.76 Å². The van der Waals surface area contributed by atoms with Crippen LogP contribution in [0.3, 0.4) is 0 Å². The monoisotopic (exact) mass is 293 g/mol. The van der Waals surface area contributed by atoms with Crippen molar-refractivity contribution < 1.29 is 4.42 Å². The second-order valence-electron chi connectivity index (χ2n) is 5.19. The summed E-state index contributed by atoms with van der Waals surface area (Å²) >= 11 is 4.21. The SMILES string of the molecule is O=c1oc2ccccc2n1CCCCCCCCCS. The molecule has 0 amide bonds. The third-order valence-corrected chi connectivity index (χ3v) is 3.93. The van der Waals surface area contributed by atoms with Crippen molar-refractivity contribution in [2.75, 3.05) is 5.75 Å². The van der Waals surface area contributed by atoms with E-state index in [9.17, 15) is 4.79 Å². The minimum Gasteiger partial charge on any atom is -0.408 e. The van der Waals surface area contributed by atoms with E-state index >= 15 is 0 Å². The van der Waals surface area contributed by atoms with Crippen molar-refractivity contribution >= 4 is 23.7 Å². The van der Waals surface area contributed by atoms with Crippen LogP contribution in [-0.4, -0.2) is 10.3 Å². The van der Waals surface area contributed by atoms with Gasteiger partial charge in [0, 0.05) is 6.54 Å². The van der Waals surface area contributed by atoms with Gasteiger partial charge in [0.05, 0.1) is 5.52 Å². The first-order valence-corrected chi connectivity index (χ1v) is 8.15. The molecule has 0 fully saturated rings. The van der Waals surface area contributed by atoms with Crippen molar-refractivity contribution in [1.29, 1.82) is 0 Å². The van der Waals surface area contributed by atoms with Crippen LogP contribution in [0.25, 0.3) is 11.1 Å². The van der Waals surface area contributed by atoms with E-state index in [4.69, 9.17) is 4.42 Å². The van der Waals surface area contributed by atoms with Crippen LogP contribution < -0.4 is 5.76 Å². The lowest BCUT2D eigenvalue weighted by Crippen LogP contribution is -2.14. The maximum atomic E-state index is 11.8. The number of hydrogen-bond acceptors (Lipinski definition) is 3. The van der Waals surface area contributed by atoms with Crippen LogP contribution in [0.1, 0.15) is 44.9 Å². The lowest BCUT2D eigenvalue weighted by Gasteiger charge is -2.03. The second kappa shape index (κ2) is 8.20. The van der Waals surface area contributed by atoms with Crippen LogP contribution in [0.5, 0.6) is 0 Å².